The van der Waals surface area contributed by atoms with E-state index in [0.717, 1.165) is 31.3 Å². The number of rotatable bonds is 4. The number of fused-ring (bicyclic) bond motifs is 1. The highest BCUT2D eigenvalue weighted by Crippen LogP contribution is 2.33. The molecule has 0 aliphatic heterocycles. The summed E-state index contributed by atoms with van der Waals surface area (Å²) >= 11 is 3.07. The molecule has 4 aromatic heterocycles. The first-order valence-corrected chi connectivity index (χ1v) is 8.52. The Bertz CT molecular complexity index is 928. The summed E-state index contributed by atoms with van der Waals surface area (Å²) in [6.45, 7) is 0. The van der Waals surface area contributed by atoms with Crippen LogP contribution < -0.4 is 5.32 Å². The van der Waals surface area contributed by atoms with E-state index in [4.69, 9.17) is 0 Å². The Morgan fingerprint density at radius 3 is 2.78 bits per heavy atom. The van der Waals surface area contributed by atoms with Gasteiger partial charge in [0.2, 0.25) is 0 Å². The summed E-state index contributed by atoms with van der Waals surface area (Å²) in [4.78, 5) is 19.5. The van der Waals surface area contributed by atoms with E-state index in [0.29, 0.717) is 0 Å². The van der Waals surface area contributed by atoms with Crippen molar-refractivity contribution in [2.24, 2.45) is 7.05 Å². The fourth-order valence-electron chi connectivity index (χ4n) is 2.04. The van der Waals surface area contributed by atoms with Gasteiger partial charge in [-0.1, -0.05) is 11.3 Å². The topological polar surface area (TPSA) is 68.5 Å². The first-order chi connectivity index (χ1) is 11.3. The molecule has 0 fully saturated rings. The molecule has 0 atom stereocenters. The van der Waals surface area contributed by atoms with E-state index >= 15 is 0 Å². The van der Waals surface area contributed by atoms with Gasteiger partial charge in [-0.25, -0.2) is 19.9 Å². The van der Waals surface area contributed by atoms with Crippen LogP contribution in [0.15, 0.2) is 59.1 Å². The van der Waals surface area contributed by atoms with E-state index in [9.17, 15) is 0 Å². The molecule has 0 radical (unpaired) electrons. The van der Waals surface area contributed by atoms with Crippen molar-refractivity contribution in [1.29, 1.82) is 0 Å². The molecule has 8 heteroatoms. The highest BCUT2D eigenvalue weighted by molar-refractivity contribution is 7.99. The van der Waals surface area contributed by atoms with Gasteiger partial charge in [0.05, 0.1) is 4.90 Å². The van der Waals surface area contributed by atoms with Gasteiger partial charge in [0, 0.05) is 31.8 Å². The number of aromatic nitrogens is 5. The van der Waals surface area contributed by atoms with E-state index in [-0.39, 0.29) is 0 Å². The molecule has 0 spiro atoms. The van der Waals surface area contributed by atoms with E-state index in [1.165, 1.54) is 11.3 Å². The summed E-state index contributed by atoms with van der Waals surface area (Å²) in [6.07, 6.45) is 7.24. The quantitative estimate of drug-likeness (QED) is 0.611. The van der Waals surface area contributed by atoms with Crippen LogP contribution >= 0.6 is 23.1 Å². The summed E-state index contributed by atoms with van der Waals surface area (Å²) in [7, 11) is 1.97. The van der Waals surface area contributed by atoms with Gasteiger partial charge in [-0.15, -0.1) is 0 Å². The molecular weight excluding hydrogens is 328 g/mol. The van der Waals surface area contributed by atoms with E-state index < -0.39 is 0 Å². The third kappa shape index (κ3) is 2.90. The minimum atomic E-state index is 0.763. The maximum atomic E-state index is 4.54. The van der Waals surface area contributed by atoms with Gasteiger partial charge in [0.15, 0.2) is 10.3 Å². The average molecular weight is 340 g/mol. The molecule has 4 rings (SSSR count). The standard InChI is InChI=1S/C15H12N6S2/c1-21-9-8-18-15(21)22-11-5-3-6-16-12(11)20-14-19-10-4-2-7-17-13(10)23-14/h2-9H,1H3,(H,16,19,20). The molecule has 6 nitrogen and oxygen atoms in total. The molecule has 4 heterocycles. The van der Waals surface area contributed by atoms with Crippen LogP contribution in [0.2, 0.25) is 0 Å². The lowest BCUT2D eigenvalue weighted by atomic mass is 10.4. The van der Waals surface area contributed by atoms with Gasteiger partial charge >= 0.3 is 0 Å². The molecule has 0 aliphatic rings. The Morgan fingerprint density at radius 2 is 1.96 bits per heavy atom. The zero-order valence-electron chi connectivity index (χ0n) is 12.2. The van der Waals surface area contributed by atoms with Gasteiger partial charge in [0.25, 0.3) is 0 Å². The summed E-state index contributed by atoms with van der Waals surface area (Å²) in [6, 6.07) is 7.76. The van der Waals surface area contributed by atoms with Crippen molar-refractivity contribution in [2.45, 2.75) is 10.1 Å². The van der Waals surface area contributed by atoms with E-state index in [2.05, 4.69) is 25.3 Å². The molecule has 0 bridgehead atoms. The molecule has 0 saturated heterocycles. The van der Waals surface area contributed by atoms with Crippen LogP contribution in [0.1, 0.15) is 0 Å². The van der Waals surface area contributed by atoms with Crippen molar-refractivity contribution in [3.63, 3.8) is 0 Å². The number of pyridine rings is 2. The lowest BCUT2D eigenvalue weighted by Gasteiger charge is -2.08. The van der Waals surface area contributed by atoms with Crippen LogP contribution in [0.3, 0.4) is 0 Å². The van der Waals surface area contributed by atoms with Crippen molar-refractivity contribution in [3.8, 4) is 0 Å². The number of anilines is 2. The first kappa shape index (κ1) is 14.2. The zero-order valence-corrected chi connectivity index (χ0v) is 13.8. The number of aryl methyl sites for hydroxylation is 1. The molecule has 23 heavy (non-hydrogen) atoms. The lowest BCUT2D eigenvalue weighted by molar-refractivity contribution is 0.790. The molecule has 0 saturated carbocycles. The number of hydrogen-bond donors (Lipinski definition) is 1. The van der Waals surface area contributed by atoms with Crippen molar-refractivity contribution in [1.82, 2.24) is 24.5 Å². The normalized spacial score (nSPS) is 11.0. The molecule has 0 aromatic carbocycles. The molecule has 4 aromatic rings. The summed E-state index contributed by atoms with van der Waals surface area (Å²) < 4.78 is 1.98. The van der Waals surface area contributed by atoms with Crippen LogP contribution in [0.4, 0.5) is 10.9 Å². The van der Waals surface area contributed by atoms with Gasteiger partial charge in [-0.2, -0.15) is 0 Å². The minimum absolute atomic E-state index is 0.763. The Morgan fingerprint density at radius 1 is 1.09 bits per heavy atom. The summed E-state index contributed by atoms with van der Waals surface area (Å²) in [5, 5.41) is 4.98. The van der Waals surface area contributed by atoms with Gasteiger partial charge in [-0.3, -0.25) is 0 Å². The number of nitrogens with zero attached hydrogens (tertiary/aromatic N) is 5. The zero-order chi connectivity index (χ0) is 15.6. The Balaban J connectivity index is 1.65. The van der Waals surface area contributed by atoms with Crippen molar-refractivity contribution >= 4 is 44.4 Å². The molecule has 114 valence electrons. The number of imidazole rings is 1. The molecule has 0 unspecified atom stereocenters. The third-order valence-electron chi connectivity index (χ3n) is 3.14. The number of hydrogen-bond acceptors (Lipinski definition) is 7. The Kier molecular flexibility index (Phi) is 3.68. The van der Waals surface area contributed by atoms with Crippen LogP contribution in [0, 0.1) is 0 Å². The van der Waals surface area contributed by atoms with Gasteiger partial charge in [0.1, 0.15) is 16.2 Å². The predicted octanol–water partition coefficient (Wildman–Crippen LogP) is 3.71. The van der Waals surface area contributed by atoms with E-state index in [1.807, 2.05) is 42.1 Å². The largest absolute Gasteiger partial charge is 0.329 e. The van der Waals surface area contributed by atoms with Crippen molar-refractivity contribution < 1.29 is 0 Å². The SMILES string of the molecule is Cn1ccnc1Sc1cccnc1Nc1nc2cccnc2s1. The monoisotopic (exact) mass is 340 g/mol. The molecule has 1 N–H and O–H groups in total. The Labute approximate surface area is 140 Å². The predicted molar refractivity (Wildman–Crippen MR) is 92.3 cm³/mol. The highest BCUT2D eigenvalue weighted by Gasteiger charge is 2.11. The van der Waals surface area contributed by atoms with E-state index in [1.54, 1.807) is 30.4 Å². The van der Waals surface area contributed by atoms with Crippen LogP contribution in [-0.2, 0) is 7.05 Å². The van der Waals surface area contributed by atoms with Crippen molar-refractivity contribution in [2.75, 3.05) is 5.32 Å². The molecule has 0 amide bonds. The van der Waals surface area contributed by atoms with Crippen LogP contribution in [0.25, 0.3) is 10.3 Å². The van der Waals surface area contributed by atoms with Crippen LogP contribution in [-0.4, -0.2) is 24.5 Å². The molecule has 0 aliphatic carbocycles. The lowest BCUT2D eigenvalue weighted by Crippen LogP contribution is -1.96. The highest BCUT2D eigenvalue weighted by atomic mass is 32.2. The van der Waals surface area contributed by atoms with Crippen molar-refractivity contribution in [3.05, 3.63) is 49.1 Å². The maximum Gasteiger partial charge on any atom is 0.190 e. The summed E-state index contributed by atoms with van der Waals surface area (Å²) in [5.41, 5.74) is 0.884. The average Bonchev–Trinajstić information content (AvgIpc) is 3.15. The van der Waals surface area contributed by atoms with Crippen LogP contribution in [0.5, 0.6) is 0 Å². The second-order valence-corrected chi connectivity index (χ2v) is 6.73. The first-order valence-electron chi connectivity index (χ1n) is 6.88. The second-order valence-electron chi connectivity index (χ2n) is 4.74. The molecular formula is C15H12N6S2. The minimum Gasteiger partial charge on any atom is -0.329 e. The van der Waals surface area contributed by atoms with Gasteiger partial charge in [-0.05, 0) is 36.0 Å². The summed E-state index contributed by atoms with van der Waals surface area (Å²) in [5.74, 6) is 0.763. The maximum absolute atomic E-state index is 4.54. The number of thiazole rings is 1. The second kappa shape index (κ2) is 5.98. The smallest absolute Gasteiger partial charge is 0.190 e. The fraction of sp³-hybridized carbons (Fsp3) is 0.0667. The third-order valence-corrected chi connectivity index (χ3v) is 5.16. The number of nitrogens with one attached hydrogen (secondary N) is 1. The van der Waals surface area contributed by atoms with Gasteiger partial charge < -0.3 is 9.88 Å². The fourth-order valence-corrected chi connectivity index (χ4v) is 3.71. The Hall–Kier alpha value is -2.45.